The molecule has 0 saturated carbocycles. The van der Waals surface area contributed by atoms with Gasteiger partial charge in [-0.3, -0.25) is 9.59 Å². The van der Waals surface area contributed by atoms with Gasteiger partial charge in [-0.25, -0.2) is 14.8 Å². The molecule has 2 aromatic rings. The summed E-state index contributed by atoms with van der Waals surface area (Å²) in [6.45, 7) is 8.88. The number of morpholine rings is 1. The van der Waals surface area contributed by atoms with Crippen molar-refractivity contribution in [1.29, 1.82) is 0 Å². The topological polar surface area (TPSA) is 152 Å². The second kappa shape index (κ2) is 11.6. The highest BCUT2D eigenvalue weighted by molar-refractivity contribution is 5.97. The third kappa shape index (κ3) is 7.09. The summed E-state index contributed by atoms with van der Waals surface area (Å²) < 4.78 is 10.7. The minimum absolute atomic E-state index is 0.00246. The standard InChI is InChI=1S/C26H35N7O5/c1-26(2,3)38-25(36)30-19-5-4-10-33(16-19)20-15-28-21(22(27)34)23(31-20)29-18-8-6-17(7-9-18)24(35)32-11-13-37-14-12-32/h6-9,15,19H,4-5,10-14,16H2,1-3H3,(H2,27,34)(H,29,31)(H,30,36). The Morgan fingerprint density at radius 2 is 1.82 bits per heavy atom. The van der Waals surface area contributed by atoms with Crippen molar-refractivity contribution in [2.45, 2.75) is 45.3 Å². The SMILES string of the molecule is CC(C)(C)OC(=O)NC1CCCN(c2cnc(C(N)=O)c(Nc3ccc(C(=O)N4CCOCC4)cc3)n2)C1. The van der Waals surface area contributed by atoms with E-state index in [1.807, 2.05) is 25.7 Å². The molecular weight excluding hydrogens is 490 g/mol. The van der Waals surface area contributed by atoms with Gasteiger partial charge >= 0.3 is 6.09 Å². The highest BCUT2D eigenvalue weighted by Crippen LogP contribution is 2.24. The van der Waals surface area contributed by atoms with Crippen LogP contribution in [0.15, 0.2) is 30.5 Å². The summed E-state index contributed by atoms with van der Waals surface area (Å²) in [5, 5.41) is 6.03. The Labute approximate surface area is 221 Å². The third-order valence-corrected chi connectivity index (χ3v) is 6.15. The average molecular weight is 526 g/mol. The quantitative estimate of drug-likeness (QED) is 0.516. The van der Waals surface area contributed by atoms with Crippen LogP contribution in [0.1, 0.15) is 54.5 Å². The molecule has 0 spiro atoms. The van der Waals surface area contributed by atoms with E-state index in [4.69, 9.17) is 15.2 Å². The van der Waals surface area contributed by atoms with Gasteiger partial charge in [-0.2, -0.15) is 0 Å². The molecule has 4 N–H and O–H groups in total. The summed E-state index contributed by atoms with van der Waals surface area (Å²) in [5.41, 5.74) is 6.16. The number of anilines is 3. The van der Waals surface area contributed by atoms with Crippen LogP contribution in [0.3, 0.4) is 0 Å². The van der Waals surface area contributed by atoms with Crippen molar-refractivity contribution in [3.63, 3.8) is 0 Å². The number of alkyl carbamates (subject to hydrolysis) is 1. The Balaban J connectivity index is 1.46. The zero-order valence-corrected chi connectivity index (χ0v) is 22.0. The number of aromatic nitrogens is 2. The molecule has 204 valence electrons. The lowest BCUT2D eigenvalue weighted by Gasteiger charge is -2.34. The Morgan fingerprint density at radius 3 is 2.47 bits per heavy atom. The lowest BCUT2D eigenvalue weighted by molar-refractivity contribution is 0.0303. The monoisotopic (exact) mass is 525 g/mol. The highest BCUT2D eigenvalue weighted by Gasteiger charge is 2.26. The average Bonchev–Trinajstić information content (AvgIpc) is 2.88. The smallest absolute Gasteiger partial charge is 0.407 e. The lowest BCUT2D eigenvalue weighted by Crippen LogP contribution is -2.49. The Kier molecular flexibility index (Phi) is 8.30. The molecule has 2 saturated heterocycles. The predicted octanol–water partition coefficient (Wildman–Crippen LogP) is 2.29. The van der Waals surface area contributed by atoms with Crippen molar-refractivity contribution in [3.8, 4) is 0 Å². The van der Waals surface area contributed by atoms with Crippen molar-refractivity contribution in [2.24, 2.45) is 5.73 Å². The van der Waals surface area contributed by atoms with Crippen LogP contribution in [0, 0.1) is 0 Å². The molecule has 1 unspecified atom stereocenters. The Bertz CT molecular complexity index is 1160. The fraction of sp³-hybridized carbons (Fsp3) is 0.500. The van der Waals surface area contributed by atoms with Gasteiger partial charge in [-0.1, -0.05) is 0 Å². The summed E-state index contributed by atoms with van der Waals surface area (Å²) in [4.78, 5) is 49.7. The number of nitrogens with two attached hydrogens (primary N) is 1. The molecule has 4 rings (SSSR count). The van der Waals surface area contributed by atoms with Gasteiger partial charge in [0.2, 0.25) is 0 Å². The number of hydrogen-bond acceptors (Lipinski definition) is 9. The first-order chi connectivity index (χ1) is 18.1. The summed E-state index contributed by atoms with van der Waals surface area (Å²) >= 11 is 0. The number of primary amides is 1. The molecule has 3 amide bonds. The van der Waals surface area contributed by atoms with Crippen LogP contribution in [0.4, 0.5) is 22.1 Å². The van der Waals surface area contributed by atoms with E-state index in [-0.39, 0.29) is 23.5 Å². The van der Waals surface area contributed by atoms with E-state index < -0.39 is 17.6 Å². The molecule has 2 aliphatic heterocycles. The summed E-state index contributed by atoms with van der Waals surface area (Å²) in [6, 6.07) is 6.81. The van der Waals surface area contributed by atoms with Crippen LogP contribution >= 0.6 is 0 Å². The molecule has 3 heterocycles. The molecule has 0 bridgehead atoms. The molecule has 12 heteroatoms. The molecule has 0 radical (unpaired) electrons. The number of nitrogens with one attached hydrogen (secondary N) is 2. The van der Waals surface area contributed by atoms with E-state index in [9.17, 15) is 14.4 Å². The Hall–Kier alpha value is -3.93. The van der Waals surface area contributed by atoms with Gasteiger partial charge in [0.15, 0.2) is 11.5 Å². The number of carbonyl (C=O) groups is 3. The van der Waals surface area contributed by atoms with Crippen molar-refractivity contribution < 1.29 is 23.9 Å². The first-order valence-electron chi connectivity index (χ1n) is 12.7. The molecular formula is C26H35N7O5. The second-order valence-corrected chi connectivity index (χ2v) is 10.3. The van der Waals surface area contributed by atoms with Gasteiger partial charge in [0.05, 0.1) is 19.4 Å². The molecule has 1 aromatic heterocycles. The summed E-state index contributed by atoms with van der Waals surface area (Å²) in [7, 11) is 0. The number of piperidine rings is 1. The number of ether oxygens (including phenoxy) is 2. The Morgan fingerprint density at radius 1 is 1.11 bits per heavy atom. The molecule has 38 heavy (non-hydrogen) atoms. The van der Waals surface area contributed by atoms with Crippen LogP contribution in [0.5, 0.6) is 0 Å². The van der Waals surface area contributed by atoms with Crippen LogP contribution in [0.2, 0.25) is 0 Å². The lowest BCUT2D eigenvalue weighted by atomic mass is 10.1. The van der Waals surface area contributed by atoms with Crippen molar-refractivity contribution in [3.05, 3.63) is 41.7 Å². The zero-order valence-electron chi connectivity index (χ0n) is 22.0. The minimum atomic E-state index is -0.714. The third-order valence-electron chi connectivity index (χ3n) is 6.15. The normalized spacial score (nSPS) is 18.0. The van der Waals surface area contributed by atoms with Gasteiger partial charge < -0.3 is 35.6 Å². The van der Waals surface area contributed by atoms with Crippen LogP contribution in [-0.4, -0.2) is 83.8 Å². The molecule has 1 atom stereocenters. The molecule has 1 aromatic carbocycles. The largest absolute Gasteiger partial charge is 0.444 e. The van der Waals surface area contributed by atoms with Crippen molar-refractivity contribution >= 4 is 35.2 Å². The van der Waals surface area contributed by atoms with Crippen LogP contribution < -0.4 is 21.3 Å². The van der Waals surface area contributed by atoms with Crippen molar-refractivity contribution in [1.82, 2.24) is 20.2 Å². The maximum absolute atomic E-state index is 12.7. The number of carbonyl (C=O) groups excluding carboxylic acids is 3. The maximum atomic E-state index is 12.7. The predicted molar refractivity (Wildman–Crippen MR) is 142 cm³/mol. The number of benzene rings is 1. The molecule has 2 aliphatic rings. The van der Waals surface area contributed by atoms with E-state index in [1.165, 1.54) is 6.20 Å². The highest BCUT2D eigenvalue weighted by atomic mass is 16.6. The number of hydrogen-bond donors (Lipinski definition) is 3. The van der Waals surface area contributed by atoms with E-state index in [1.54, 1.807) is 29.2 Å². The zero-order chi connectivity index (χ0) is 27.3. The second-order valence-electron chi connectivity index (χ2n) is 10.3. The van der Waals surface area contributed by atoms with E-state index >= 15 is 0 Å². The molecule has 2 fully saturated rings. The first kappa shape index (κ1) is 27.1. The van der Waals surface area contributed by atoms with Crippen LogP contribution in [0.25, 0.3) is 0 Å². The van der Waals surface area contributed by atoms with Crippen molar-refractivity contribution in [2.75, 3.05) is 49.6 Å². The van der Waals surface area contributed by atoms with Gasteiger partial charge in [-0.05, 0) is 57.9 Å². The van der Waals surface area contributed by atoms with Gasteiger partial charge in [-0.15, -0.1) is 0 Å². The van der Waals surface area contributed by atoms with Gasteiger partial charge in [0, 0.05) is 43.5 Å². The number of nitrogens with zero attached hydrogens (tertiary/aromatic N) is 4. The van der Waals surface area contributed by atoms with Gasteiger partial charge in [0.1, 0.15) is 11.4 Å². The summed E-state index contributed by atoms with van der Waals surface area (Å²) in [5.74, 6) is -0.00956. The summed E-state index contributed by atoms with van der Waals surface area (Å²) in [6.07, 6.45) is 2.69. The molecule has 0 aliphatic carbocycles. The maximum Gasteiger partial charge on any atom is 0.407 e. The van der Waals surface area contributed by atoms with Gasteiger partial charge in [0.25, 0.3) is 11.8 Å². The fourth-order valence-electron chi connectivity index (χ4n) is 4.36. The van der Waals surface area contributed by atoms with Crippen LogP contribution in [-0.2, 0) is 9.47 Å². The van der Waals surface area contributed by atoms with E-state index in [2.05, 4.69) is 20.6 Å². The number of amides is 3. The van der Waals surface area contributed by atoms with E-state index in [0.29, 0.717) is 49.9 Å². The molecule has 12 nitrogen and oxygen atoms in total. The number of rotatable bonds is 6. The first-order valence-corrected chi connectivity index (χ1v) is 12.7. The minimum Gasteiger partial charge on any atom is -0.444 e. The van der Waals surface area contributed by atoms with E-state index in [0.717, 1.165) is 19.4 Å². The fourth-order valence-corrected chi connectivity index (χ4v) is 4.36.